The number of aliphatic hydroxyl groups is 1. The minimum atomic E-state index is -0.741. The lowest BCUT2D eigenvalue weighted by Gasteiger charge is -2.46. The molecule has 0 amide bonds. The molecular weight excluding hydrogens is 376 g/mol. The van der Waals surface area contributed by atoms with Gasteiger partial charge in [0.1, 0.15) is 0 Å². The van der Waals surface area contributed by atoms with E-state index in [0.29, 0.717) is 13.2 Å². The molecule has 0 saturated heterocycles. The summed E-state index contributed by atoms with van der Waals surface area (Å²) in [4.78, 5) is 0. The van der Waals surface area contributed by atoms with E-state index >= 15 is 0 Å². The first-order valence-corrected chi connectivity index (χ1v) is 11.8. The van der Waals surface area contributed by atoms with Crippen LogP contribution < -0.4 is 0 Å². The van der Waals surface area contributed by atoms with E-state index in [1.165, 1.54) is 0 Å². The number of hydrogen-bond donors (Lipinski definition) is 1. The van der Waals surface area contributed by atoms with Gasteiger partial charge in [0.05, 0.1) is 35.6 Å². The Labute approximate surface area is 188 Å². The van der Waals surface area contributed by atoms with Crippen molar-refractivity contribution in [2.45, 2.75) is 139 Å². The topological polar surface area (TPSA) is 47.9 Å². The molecule has 0 saturated carbocycles. The summed E-state index contributed by atoms with van der Waals surface area (Å²) in [5.74, 6) is 0.0682. The summed E-state index contributed by atoms with van der Waals surface area (Å²) in [6, 6.07) is 0. The van der Waals surface area contributed by atoms with Crippen LogP contribution in [0.25, 0.3) is 0 Å². The van der Waals surface area contributed by atoms with E-state index in [0.717, 1.165) is 12.8 Å². The molecule has 0 aliphatic carbocycles. The van der Waals surface area contributed by atoms with Crippen molar-refractivity contribution in [1.29, 1.82) is 0 Å². The molecule has 0 aromatic carbocycles. The first kappa shape index (κ1) is 29.8. The zero-order chi connectivity index (χ0) is 24.2. The van der Waals surface area contributed by atoms with E-state index in [9.17, 15) is 5.11 Å². The molecular formula is C26H54O4. The lowest BCUT2D eigenvalue weighted by Crippen LogP contribution is -2.47. The van der Waals surface area contributed by atoms with Gasteiger partial charge in [0.25, 0.3) is 0 Å². The van der Waals surface area contributed by atoms with Gasteiger partial charge < -0.3 is 19.3 Å². The van der Waals surface area contributed by atoms with Crippen molar-refractivity contribution in [2.24, 2.45) is 16.7 Å². The van der Waals surface area contributed by atoms with Gasteiger partial charge in [-0.05, 0) is 86.0 Å². The lowest BCUT2D eigenvalue weighted by atomic mass is 9.72. The van der Waals surface area contributed by atoms with Crippen LogP contribution in [0.15, 0.2) is 0 Å². The molecule has 0 aliphatic rings. The molecule has 0 rings (SSSR count). The SMILES string of the molecule is CC(C)OC(C)CC(C)(C)C(C)(C)OCCC(C)(C)C(C)(C)OCC(C)C(C)(C)O. The molecule has 30 heavy (non-hydrogen) atoms. The van der Waals surface area contributed by atoms with Gasteiger partial charge in [0, 0.05) is 12.5 Å². The molecule has 4 nitrogen and oxygen atoms in total. The van der Waals surface area contributed by atoms with E-state index in [4.69, 9.17) is 14.2 Å². The lowest BCUT2D eigenvalue weighted by molar-refractivity contribution is -0.153. The Kier molecular flexibility index (Phi) is 10.6. The highest BCUT2D eigenvalue weighted by molar-refractivity contribution is 4.91. The second kappa shape index (κ2) is 10.6. The second-order valence-corrected chi connectivity index (χ2v) is 12.5. The average Bonchev–Trinajstić information content (AvgIpc) is 2.49. The van der Waals surface area contributed by atoms with Gasteiger partial charge in [-0.3, -0.25) is 0 Å². The smallest absolute Gasteiger partial charge is 0.0678 e. The maximum absolute atomic E-state index is 10.2. The summed E-state index contributed by atoms with van der Waals surface area (Å²) >= 11 is 0. The molecule has 0 bridgehead atoms. The van der Waals surface area contributed by atoms with E-state index in [1.54, 1.807) is 0 Å². The fourth-order valence-corrected chi connectivity index (χ4v) is 3.27. The quantitative estimate of drug-likeness (QED) is 0.336. The van der Waals surface area contributed by atoms with E-state index < -0.39 is 5.60 Å². The van der Waals surface area contributed by atoms with Gasteiger partial charge in [-0.1, -0.05) is 34.6 Å². The van der Waals surface area contributed by atoms with Crippen molar-refractivity contribution in [1.82, 2.24) is 0 Å². The minimum Gasteiger partial charge on any atom is -0.390 e. The molecule has 4 heteroatoms. The van der Waals surface area contributed by atoms with E-state index in [-0.39, 0.29) is 40.2 Å². The van der Waals surface area contributed by atoms with Crippen molar-refractivity contribution >= 4 is 0 Å². The normalized spacial score (nSPS) is 16.8. The minimum absolute atomic E-state index is 0.0143. The van der Waals surface area contributed by atoms with Crippen LogP contribution in [0.2, 0.25) is 0 Å². The van der Waals surface area contributed by atoms with Crippen molar-refractivity contribution in [3.63, 3.8) is 0 Å². The highest BCUT2D eigenvalue weighted by Gasteiger charge is 2.42. The third kappa shape index (κ3) is 9.14. The predicted molar refractivity (Wildman–Crippen MR) is 128 cm³/mol. The van der Waals surface area contributed by atoms with E-state index in [1.807, 2.05) is 20.8 Å². The average molecular weight is 431 g/mol. The number of ether oxygens (including phenoxy) is 3. The summed E-state index contributed by atoms with van der Waals surface area (Å²) in [7, 11) is 0. The zero-order valence-corrected chi connectivity index (χ0v) is 22.7. The Hall–Kier alpha value is -0.160. The molecule has 1 N–H and O–H groups in total. The predicted octanol–water partition coefficient (Wildman–Crippen LogP) is 6.63. The van der Waals surface area contributed by atoms with Crippen molar-refractivity contribution in [3.05, 3.63) is 0 Å². The molecule has 0 spiro atoms. The molecule has 0 radical (unpaired) electrons. The highest BCUT2D eigenvalue weighted by Crippen LogP contribution is 2.41. The summed E-state index contributed by atoms with van der Waals surface area (Å²) < 4.78 is 18.7. The van der Waals surface area contributed by atoms with Gasteiger partial charge >= 0.3 is 0 Å². The van der Waals surface area contributed by atoms with Crippen LogP contribution in [0.4, 0.5) is 0 Å². The Bertz CT molecular complexity index is 498. The van der Waals surface area contributed by atoms with Crippen LogP contribution in [0, 0.1) is 16.7 Å². The Morgan fingerprint density at radius 1 is 0.700 bits per heavy atom. The molecule has 0 aromatic rings. The monoisotopic (exact) mass is 430 g/mol. The molecule has 0 fully saturated rings. The van der Waals surface area contributed by atoms with Crippen LogP contribution in [-0.4, -0.2) is 47.3 Å². The number of hydrogen-bond acceptors (Lipinski definition) is 4. The van der Waals surface area contributed by atoms with E-state index in [2.05, 4.69) is 76.2 Å². The molecule has 2 atom stereocenters. The van der Waals surface area contributed by atoms with Crippen LogP contribution in [-0.2, 0) is 14.2 Å². The first-order chi connectivity index (χ1) is 13.1. The summed E-state index contributed by atoms with van der Waals surface area (Å²) in [5.41, 5.74) is -1.41. The largest absolute Gasteiger partial charge is 0.390 e. The van der Waals surface area contributed by atoms with Gasteiger partial charge in [0.2, 0.25) is 0 Å². The van der Waals surface area contributed by atoms with Crippen LogP contribution in [0.1, 0.15) is 110 Å². The molecule has 182 valence electrons. The third-order valence-corrected chi connectivity index (χ3v) is 7.65. The standard InChI is InChI=1S/C26H54O4/c1-19(2)30-21(4)17-23(7,8)26(13,14)28-16-15-22(5,6)25(11,12)29-18-20(3)24(9,10)27/h19-21,27H,15-18H2,1-14H3. The molecule has 0 aromatic heterocycles. The van der Waals surface area contributed by atoms with Crippen LogP contribution >= 0.6 is 0 Å². The maximum Gasteiger partial charge on any atom is 0.0678 e. The van der Waals surface area contributed by atoms with Gasteiger partial charge in [0.15, 0.2) is 0 Å². The maximum atomic E-state index is 10.2. The van der Waals surface area contributed by atoms with Crippen LogP contribution in [0.3, 0.4) is 0 Å². The van der Waals surface area contributed by atoms with Crippen molar-refractivity contribution < 1.29 is 19.3 Å². The molecule has 2 unspecified atom stereocenters. The van der Waals surface area contributed by atoms with Crippen molar-refractivity contribution in [3.8, 4) is 0 Å². The molecule has 0 aliphatic heterocycles. The van der Waals surface area contributed by atoms with Crippen molar-refractivity contribution in [2.75, 3.05) is 13.2 Å². The third-order valence-electron chi connectivity index (χ3n) is 7.65. The fourth-order valence-electron chi connectivity index (χ4n) is 3.27. The Morgan fingerprint density at radius 3 is 1.60 bits per heavy atom. The summed E-state index contributed by atoms with van der Waals surface area (Å²) in [6.45, 7) is 30.9. The molecule has 0 heterocycles. The summed E-state index contributed by atoms with van der Waals surface area (Å²) in [6.07, 6.45) is 2.28. The van der Waals surface area contributed by atoms with Gasteiger partial charge in [-0.2, -0.15) is 0 Å². The summed E-state index contributed by atoms with van der Waals surface area (Å²) in [5, 5.41) is 10.2. The van der Waals surface area contributed by atoms with Gasteiger partial charge in [-0.15, -0.1) is 0 Å². The van der Waals surface area contributed by atoms with Crippen LogP contribution in [0.5, 0.6) is 0 Å². The Morgan fingerprint density at radius 2 is 1.17 bits per heavy atom. The zero-order valence-electron chi connectivity index (χ0n) is 22.7. The highest BCUT2D eigenvalue weighted by atomic mass is 16.5. The van der Waals surface area contributed by atoms with Gasteiger partial charge in [-0.25, -0.2) is 0 Å². The first-order valence-electron chi connectivity index (χ1n) is 11.8. The number of rotatable bonds is 14. The second-order valence-electron chi connectivity index (χ2n) is 12.5. The fraction of sp³-hybridized carbons (Fsp3) is 1.00. The Balaban J connectivity index is 4.87.